The van der Waals surface area contributed by atoms with Gasteiger partial charge in [-0.1, -0.05) is 0 Å². The fourth-order valence-corrected chi connectivity index (χ4v) is 3.60. The Labute approximate surface area is 115 Å². The Morgan fingerprint density at radius 1 is 1.56 bits per heavy atom. The molecule has 0 aliphatic carbocycles. The van der Waals surface area contributed by atoms with Crippen LogP contribution in [0.25, 0.3) is 0 Å². The highest BCUT2D eigenvalue weighted by atomic mass is 79.9. The molecule has 0 radical (unpaired) electrons. The van der Waals surface area contributed by atoms with Crippen molar-refractivity contribution in [3.63, 3.8) is 0 Å². The molecule has 1 aromatic heterocycles. The SMILES string of the molecule is CC1CC2CNCC2N1C(=O)c1ncccc1Br. The van der Waals surface area contributed by atoms with Crippen molar-refractivity contribution in [1.29, 1.82) is 0 Å². The van der Waals surface area contributed by atoms with E-state index in [0.29, 0.717) is 23.7 Å². The molecule has 5 heteroatoms. The number of carbonyl (C=O) groups excluding carboxylic acids is 1. The van der Waals surface area contributed by atoms with E-state index in [-0.39, 0.29) is 5.91 Å². The van der Waals surface area contributed by atoms with Gasteiger partial charge in [-0.05, 0) is 47.3 Å². The van der Waals surface area contributed by atoms with E-state index in [1.165, 1.54) is 0 Å². The van der Waals surface area contributed by atoms with E-state index in [1.54, 1.807) is 6.20 Å². The molecular formula is C13H16BrN3O. The first-order valence-electron chi connectivity index (χ1n) is 6.32. The van der Waals surface area contributed by atoms with Crippen molar-refractivity contribution in [3.8, 4) is 0 Å². The summed E-state index contributed by atoms with van der Waals surface area (Å²) < 4.78 is 0.775. The normalized spacial score (nSPS) is 30.6. The number of nitrogens with one attached hydrogen (secondary N) is 1. The van der Waals surface area contributed by atoms with E-state index in [0.717, 1.165) is 24.0 Å². The molecule has 0 aromatic carbocycles. The number of amides is 1. The lowest BCUT2D eigenvalue weighted by Gasteiger charge is -2.27. The van der Waals surface area contributed by atoms with Crippen LogP contribution in [0.15, 0.2) is 22.8 Å². The Morgan fingerprint density at radius 3 is 3.17 bits per heavy atom. The lowest BCUT2D eigenvalue weighted by molar-refractivity contribution is 0.0675. The second kappa shape index (κ2) is 4.63. The van der Waals surface area contributed by atoms with Gasteiger partial charge in [0.15, 0.2) is 0 Å². The molecule has 2 aliphatic rings. The molecule has 1 N–H and O–H groups in total. The fourth-order valence-electron chi connectivity index (χ4n) is 3.18. The average molecular weight is 310 g/mol. The molecule has 3 unspecified atom stereocenters. The van der Waals surface area contributed by atoms with E-state index in [1.807, 2.05) is 17.0 Å². The van der Waals surface area contributed by atoms with Crippen LogP contribution in [0.3, 0.4) is 0 Å². The Hall–Kier alpha value is -0.940. The maximum absolute atomic E-state index is 12.6. The number of likely N-dealkylation sites (tertiary alicyclic amines) is 1. The summed E-state index contributed by atoms with van der Waals surface area (Å²) in [6.45, 7) is 4.07. The van der Waals surface area contributed by atoms with Crippen LogP contribution < -0.4 is 5.32 Å². The summed E-state index contributed by atoms with van der Waals surface area (Å²) in [7, 11) is 0. The minimum Gasteiger partial charge on any atom is -0.330 e. The third kappa shape index (κ3) is 1.86. The van der Waals surface area contributed by atoms with Gasteiger partial charge < -0.3 is 10.2 Å². The molecule has 2 fully saturated rings. The molecule has 2 aliphatic heterocycles. The predicted octanol–water partition coefficient (Wildman–Crippen LogP) is 1.67. The number of pyridine rings is 1. The molecule has 1 aromatic rings. The standard InChI is InChI=1S/C13H16BrN3O/c1-8-5-9-6-15-7-11(9)17(8)13(18)12-10(14)3-2-4-16-12/h2-4,8-9,11,15H,5-7H2,1H3. The maximum Gasteiger partial charge on any atom is 0.274 e. The van der Waals surface area contributed by atoms with Gasteiger partial charge in [0.05, 0.1) is 0 Å². The minimum absolute atomic E-state index is 0.0474. The van der Waals surface area contributed by atoms with Crippen LogP contribution in [-0.4, -0.2) is 41.0 Å². The number of rotatable bonds is 1. The number of aromatic nitrogens is 1. The van der Waals surface area contributed by atoms with Gasteiger partial charge in [0.2, 0.25) is 0 Å². The molecule has 96 valence electrons. The summed E-state index contributed by atoms with van der Waals surface area (Å²) in [5, 5.41) is 3.37. The number of halogens is 1. The van der Waals surface area contributed by atoms with Crippen molar-refractivity contribution < 1.29 is 4.79 Å². The number of nitrogens with zero attached hydrogens (tertiary/aromatic N) is 2. The second-order valence-corrected chi connectivity index (χ2v) is 5.97. The van der Waals surface area contributed by atoms with Crippen LogP contribution >= 0.6 is 15.9 Å². The van der Waals surface area contributed by atoms with E-state index in [4.69, 9.17) is 0 Å². The van der Waals surface area contributed by atoms with Crippen LogP contribution in [0, 0.1) is 5.92 Å². The Kier molecular flexibility index (Phi) is 3.11. The van der Waals surface area contributed by atoms with Crippen LogP contribution in [0.5, 0.6) is 0 Å². The van der Waals surface area contributed by atoms with Crippen molar-refractivity contribution in [2.75, 3.05) is 13.1 Å². The van der Waals surface area contributed by atoms with Crippen molar-refractivity contribution in [2.45, 2.75) is 25.4 Å². The minimum atomic E-state index is 0.0474. The van der Waals surface area contributed by atoms with Gasteiger partial charge in [0, 0.05) is 35.8 Å². The third-order valence-electron chi connectivity index (χ3n) is 3.98. The fraction of sp³-hybridized carbons (Fsp3) is 0.538. The Bertz CT molecular complexity index is 479. The van der Waals surface area contributed by atoms with Crippen LogP contribution in [0.2, 0.25) is 0 Å². The van der Waals surface area contributed by atoms with Gasteiger partial charge >= 0.3 is 0 Å². The second-order valence-electron chi connectivity index (χ2n) is 5.12. The zero-order chi connectivity index (χ0) is 12.7. The topological polar surface area (TPSA) is 45.2 Å². The quantitative estimate of drug-likeness (QED) is 0.858. The largest absolute Gasteiger partial charge is 0.330 e. The summed E-state index contributed by atoms with van der Waals surface area (Å²) in [5.41, 5.74) is 0.525. The van der Waals surface area contributed by atoms with Crippen molar-refractivity contribution in [1.82, 2.24) is 15.2 Å². The van der Waals surface area contributed by atoms with Crippen LogP contribution in [0.1, 0.15) is 23.8 Å². The summed E-state index contributed by atoms with van der Waals surface area (Å²) >= 11 is 3.41. The van der Waals surface area contributed by atoms with Gasteiger partial charge in [0.1, 0.15) is 5.69 Å². The molecule has 3 heterocycles. The zero-order valence-corrected chi connectivity index (χ0v) is 11.9. The highest BCUT2D eigenvalue weighted by Crippen LogP contribution is 2.33. The van der Waals surface area contributed by atoms with Gasteiger partial charge in [-0.25, -0.2) is 4.98 Å². The van der Waals surface area contributed by atoms with Gasteiger partial charge in [0.25, 0.3) is 5.91 Å². The first-order valence-corrected chi connectivity index (χ1v) is 7.11. The summed E-state index contributed by atoms with van der Waals surface area (Å²) in [5.74, 6) is 0.651. The first-order chi connectivity index (χ1) is 8.68. The lowest BCUT2D eigenvalue weighted by atomic mass is 10.0. The highest BCUT2D eigenvalue weighted by Gasteiger charge is 2.44. The summed E-state index contributed by atoms with van der Waals surface area (Å²) in [4.78, 5) is 18.9. The number of hydrogen-bond donors (Lipinski definition) is 1. The van der Waals surface area contributed by atoms with Crippen LogP contribution in [0.4, 0.5) is 0 Å². The summed E-state index contributed by atoms with van der Waals surface area (Å²) in [6.07, 6.45) is 2.76. The highest BCUT2D eigenvalue weighted by molar-refractivity contribution is 9.10. The Balaban J connectivity index is 1.90. The smallest absolute Gasteiger partial charge is 0.274 e. The van der Waals surface area contributed by atoms with Gasteiger partial charge in [-0.3, -0.25) is 4.79 Å². The lowest BCUT2D eigenvalue weighted by Crippen LogP contribution is -2.43. The molecule has 2 saturated heterocycles. The molecule has 3 rings (SSSR count). The zero-order valence-electron chi connectivity index (χ0n) is 10.3. The molecule has 0 bridgehead atoms. The average Bonchev–Trinajstić information content (AvgIpc) is 2.88. The predicted molar refractivity (Wildman–Crippen MR) is 72.3 cm³/mol. The van der Waals surface area contributed by atoms with E-state index in [2.05, 4.69) is 33.2 Å². The van der Waals surface area contributed by atoms with E-state index in [9.17, 15) is 4.79 Å². The van der Waals surface area contributed by atoms with Gasteiger partial charge in [-0.2, -0.15) is 0 Å². The molecule has 1 amide bonds. The maximum atomic E-state index is 12.6. The van der Waals surface area contributed by atoms with Gasteiger partial charge in [-0.15, -0.1) is 0 Å². The third-order valence-corrected chi connectivity index (χ3v) is 4.62. The molecule has 4 nitrogen and oxygen atoms in total. The van der Waals surface area contributed by atoms with Crippen molar-refractivity contribution >= 4 is 21.8 Å². The monoisotopic (exact) mass is 309 g/mol. The summed E-state index contributed by atoms with van der Waals surface area (Å²) in [6, 6.07) is 4.34. The molecular weight excluding hydrogens is 294 g/mol. The molecule has 0 saturated carbocycles. The molecule has 0 spiro atoms. The number of carbonyl (C=O) groups is 1. The van der Waals surface area contributed by atoms with E-state index < -0.39 is 0 Å². The van der Waals surface area contributed by atoms with E-state index >= 15 is 0 Å². The Morgan fingerprint density at radius 2 is 2.39 bits per heavy atom. The van der Waals surface area contributed by atoms with Crippen molar-refractivity contribution in [3.05, 3.63) is 28.5 Å². The number of fused-ring (bicyclic) bond motifs is 1. The first kappa shape index (κ1) is 12.1. The number of hydrogen-bond acceptors (Lipinski definition) is 3. The van der Waals surface area contributed by atoms with Crippen LogP contribution in [-0.2, 0) is 0 Å². The molecule has 3 atom stereocenters. The van der Waals surface area contributed by atoms with Crippen molar-refractivity contribution in [2.24, 2.45) is 5.92 Å². The molecule has 18 heavy (non-hydrogen) atoms.